The number of rotatable bonds is 7. The molecule has 0 radical (unpaired) electrons. The third-order valence-electron chi connectivity index (χ3n) is 3.21. The van der Waals surface area contributed by atoms with Crippen LogP contribution in [0.4, 0.5) is 0 Å². The molecule has 1 aromatic rings. The Morgan fingerprint density at radius 1 is 1.11 bits per heavy atom. The fourth-order valence-corrected chi connectivity index (χ4v) is 7.24. The van der Waals surface area contributed by atoms with Crippen molar-refractivity contribution in [2.45, 2.75) is 12.8 Å². The van der Waals surface area contributed by atoms with Crippen molar-refractivity contribution < 1.29 is 0 Å². The number of thiophene rings is 1. The van der Waals surface area contributed by atoms with Crippen molar-refractivity contribution in [3.8, 4) is 0 Å². The van der Waals surface area contributed by atoms with Gasteiger partial charge in [0, 0.05) is 9.78 Å². The molecule has 2 rings (SSSR count). The fraction of sp³-hybridized carbons (Fsp3) is 0.429. The summed E-state index contributed by atoms with van der Waals surface area (Å²) in [5.41, 5.74) is 11.4. The molecule has 1 aliphatic rings. The molecule has 0 spiro atoms. The van der Waals surface area contributed by atoms with Crippen LogP contribution in [0, 0.1) is 0 Å². The normalized spacial score (nSPS) is 18.9. The second-order valence-electron chi connectivity index (χ2n) is 4.47. The van der Waals surface area contributed by atoms with Crippen LogP contribution in [-0.2, 0) is 0 Å². The summed E-state index contributed by atoms with van der Waals surface area (Å²) < 4.78 is 0. The zero-order chi connectivity index (χ0) is 12.8. The zero-order valence-corrected chi connectivity index (χ0v) is 12.3. The lowest BCUT2D eigenvalue weighted by Crippen LogP contribution is -2.13. The second kappa shape index (κ2) is 6.57. The maximum Gasteiger partial charge on any atom is 0.0394 e. The van der Waals surface area contributed by atoms with Crippen LogP contribution in [0.1, 0.15) is 17.7 Å². The smallest absolute Gasteiger partial charge is 0.0394 e. The Hall–Kier alpha value is -0.550. The van der Waals surface area contributed by atoms with Crippen LogP contribution < -0.4 is 11.5 Å². The van der Waals surface area contributed by atoms with Gasteiger partial charge in [-0.15, -0.1) is 11.3 Å². The Morgan fingerprint density at radius 2 is 1.83 bits per heavy atom. The summed E-state index contributed by atoms with van der Waals surface area (Å²) in [7, 11) is -0.818. The molecular formula is C14H22N2S2. The molecule has 1 aliphatic heterocycles. The second-order valence-corrected chi connectivity index (χ2v) is 8.84. The molecule has 0 unspecified atom stereocenters. The summed E-state index contributed by atoms with van der Waals surface area (Å²) in [5, 5.41) is 4.60. The van der Waals surface area contributed by atoms with Crippen molar-refractivity contribution in [3.05, 3.63) is 40.0 Å². The van der Waals surface area contributed by atoms with E-state index in [0.717, 1.165) is 25.9 Å². The highest BCUT2D eigenvalue weighted by Crippen LogP contribution is 2.64. The van der Waals surface area contributed by atoms with E-state index in [0.29, 0.717) is 0 Å². The number of hydrogen-bond acceptors (Lipinski definition) is 3. The maximum atomic E-state index is 5.71. The Labute approximate surface area is 115 Å². The van der Waals surface area contributed by atoms with E-state index >= 15 is 0 Å². The minimum atomic E-state index is -0.818. The topological polar surface area (TPSA) is 52.0 Å². The van der Waals surface area contributed by atoms with Crippen LogP contribution >= 0.6 is 21.4 Å². The summed E-state index contributed by atoms with van der Waals surface area (Å²) in [5.74, 6) is 2.42. The van der Waals surface area contributed by atoms with Crippen LogP contribution in [0.2, 0.25) is 0 Å². The molecule has 100 valence electrons. The molecule has 0 saturated heterocycles. The third kappa shape index (κ3) is 2.88. The van der Waals surface area contributed by atoms with E-state index in [1.165, 1.54) is 16.4 Å². The lowest BCUT2D eigenvalue weighted by Gasteiger charge is -2.37. The first-order valence-corrected chi connectivity index (χ1v) is 9.35. The van der Waals surface area contributed by atoms with Gasteiger partial charge in [-0.25, -0.2) is 0 Å². The van der Waals surface area contributed by atoms with Crippen LogP contribution in [0.3, 0.4) is 0 Å². The average Bonchev–Trinajstić information content (AvgIpc) is 3.03. The quantitative estimate of drug-likeness (QED) is 0.807. The Balaban J connectivity index is 2.21. The Kier molecular flexibility index (Phi) is 5.06. The van der Waals surface area contributed by atoms with Crippen molar-refractivity contribution in [1.82, 2.24) is 0 Å². The highest BCUT2D eigenvalue weighted by Gasteiger charge is 2.28. The predicted octanol–water partition coefficient (Wildman–Crippen LogP) is 3.12. The highest BCUT2D eigenvalue weighted by atomic mass is 32.3. The van der Waals surface area contributed by atoms with E-state index in [2.05, 4.69) is 35.1 Å². The largest absolute Gasteiger partial charge is 0.330 e. The van der Waals surface area contributed by atoms with Gasteiger partial charge < -0.3 is 11.5 Å². The molecule has 4 heteroatoms. The van der Waals surface area contributed by atoms with Crippen molar-refractivity contribution in [3.63, 3.8) is 0 Å². The molecule has 0 amide bonds. The van der Waals surface area contributed by atoms with Gasteiger partial charge in [0.15, 0.2) is 0 Å². The van der Waals surface area contributed by atoms with Gasteiger partial charge in [0.2, 0.25) is 0 Å². The highest BCUT2D eigenvalue weighted by molar-refractivity contribution is 8.43. The van der Waals surface area contributed by atoms with E-state index < -0.39 is 10.0 Å². The van der Waals surface area contributed by atoms with Crippen LogP contribution in [-0.4, -0.2) is 24.6 Å². The molecule has 0 saturated carbocycles. The molecule has 2 heterocycles. The van der Waals surface area contributed by atoms with Gasteiger partial charge in [0.1, 0.15) is 0 Å². The van der Waals surface area contributed by atoms with Gasteiger partial charge in [-0.3, -0.25) is 0 Å². The molecule has 4 N–H and O–H groups in total. The van der Waals surface area contributed by atoms with E-state index in [9.17, 15) is 0 Å². The Morgan fingerprint density at radius 3 is 2.39 bits per heavy atom. The molecule has 0 fully saturated rings. The summed E-state index contributed by atoms with van der Waals surface area (Å²) >= 11 is 1.84. The average molecular weight is 282 g/mol. The number of allylic oxidation sites excluding steroid dienone is 2. The molecule has 0 atom stereocenters. The predicted molar refractivity (Wildman–Crippen MR) is 86.1 cm³/mol. The summed E-state index contributed by atoms with van der Waals surface area (Å²) in [6.07, 6.45) is 6.74. The monoisotopic (exact) mass is 282 g/mol. The SMILES string of the molecule is NCCCS1(CCCN)C=CC=C1c1cccs1. The fourth-order valence-electron chi connectivity index (χ4n) is 2.33. The first-order valence-electron chi connectivity index (χ1n) is 6.43. The van der Waals surface area contributed by atoms with Crippen LogP contribution in [0.15, 0.2) is 35.1 Å². The molecule has 0 aromatic carbocycles. The van der Waals surface area contributed by atoms with Crippen LogP contribution in [0.5, 0.6) is 0 Å². The lowest BCUT2D eigenvalue weighted by atomic mass is 10.4. The number of hydrogen-bond donors (Lipinski definition) is 2. The standard InChI is InChI=1S/C14H22N2S2/c15-7-3-11-18(12-4-8-16)10-2-6-14(18)13-5-1-9-17-13/h1-2,5-6,9-10H,3-4,7-8,11-12,15-16H2. The van der Waals surface area contributed by atoms with Crippen molar-refractivity contribution in [1.29, 1.82) is 0 Å². The minimum Gasteiger partial charge on any atom is -0.330 e. The Bertz CT molecular complexity index is 413. The number of nitrogens with two attached hydrogens (primary N) is 2. The lowest BCUT2D eigenvalue weighted by molar-refractivity contribution is 0.919. The van der Waals surface area contributed by atoms with Crippen molar-refractivity contribution >= 4 is 26.3 Å². The van der Waals surface area contributed by atoms with E-state index in [4.69, 9.17) is 11.5 Å². The molecule has 2 nitrogen and oxygen atoms in total. The van der Waals surface area contributed by atoms with Crippen molar-refractivity contribution in [2.24, 2.45) is 11.5 Å². The van der Waals surface area contributed by atoms with E-state index in [-0.39, 0.29) is 0 Å². The van der Waals surface area contributed by atoms with Gasteiger partial charge in [-0.05, 0) is 60.4 Å². The molecular weight excluding hydrogens is 260 g/mol. The van der Waals surface area contributed by atoms with E-state index in [1.807, 2.05) is 11.3 Å². The molecule has 0 aliphatic carbocycles. The van der Waals surface area contributed by atoms with Gasteiger partial charge in [0.25, 0.3) is 0 Å². The minimum absolute atomic E-state index is 0.781. The zero-order valence-electron chi connectivity index (χ0n) is 10.7. The summed E-state index contributed by atoms with van der Waals surface area (Å²) in [4.78, 5) is 2.96. The first-order chi connectivity index (χ1) is 8.82. The van der Waals surface area contributed by atoms with E-state index in [1.54, 1.807) is 4.91 Å². The molecule has 1 aromatic heterocycles. The third-order valence-corrected chi connectivity index (χ3v) is 8.19. The summed E-state index contributed by atoms with van der Waals surface area (Å²) in [6.45, 7) is 1.56. The van der Waals surface area contributed by atoms with Gasteiger partial charge in [-0.1, -0.05) is 12.1 Å². The van der Waals surface area contributed by atoms with Gasteiger partial charge in [0.05, 0.1) is 0 Å². The summed E-state index contributed by atoms with van der Waals surface area (Å²) in [6, 6.07) is 4.37. The molecule has 0 bridgehead atoms. The van der Waals surface area contributed by atoms with Crippen molar-refractivity contribution in [2.75, 3.05) is 24.6 Å². The van der Waals surface area contributed by atoms with Gasteiger partial charge >= 0.3 is 0 Å². The molecule has 18 heavy (non-hydrogen) atoms. The first kappa shape index (κ1) is 13.9. The maximum absolute atomic E-state index is 5.71. The van der Waals surface area contributed by atoms with Gasteiger partial charge in [-0.2, -0.15) is 10.0 Å². The van der Waals surface area contributed by atoms with Crippen LogP contribution in [0.25, 0.3) is 4.91 Å².